The minimum Gasteiger partial charge on any atom is -0.469 e. The molecule has 60 heavy (non-hydrogen) atoms. The van der Waals surface area contributed by atoms with E-state index in [-0.39, 0.29) is 46.6 Å². The molecule has 7 rings (SSSR count). The van der Waals surface area contributed by atoms with Crippen LogP contribution in [-0.4, -0.2) is 154 Å². The second-order valence-electron chi connectivity index (χ2n) is 21.1. The van der Waals surface area contributed by atoms with Crippen molar-refractivity contribution in [3.8, 4) is 0 Å². The molecule has 0 aromatic rings. The van der Waals surface area contributed by atoms with Crippen LogP contribution in [-0.2, 0) is 38.0 Å². The maximum Gasteiger partial charge on any atom is 0.337 e. The summed E-state index contributed by atoms with van der Waals surface area (Å²) < 4.78 is 34.0. The van der Waals surface area contributed by atoms with Crippen molar-refractivity contribution >= 4 is 11.9 Å². The number of ether oxygens (including phenoxy) is 6. The van der Waals surface area contributed by atoms with Gasteiger partial charge in [-0.2, -0.15) is 0 Å². The largest absolute Gasteiger partial charge is 0.469 e. The number of aliphatic hydroxyl groups is 8. The molecule has 342 valence electrons. The summed E-state index contributed by atoms with van der Waals surface area (Å²) in [5.74, 6) is -1.15. The number of carbonyl (C=O) groups is 2. The van der Waals surface area contributed by atoms with Crippen molar-refractivity contribution in [2.45, 2.75) is 173 Å². The van der Waals surface area contributed by atoms with Gasteiger partial charge in [0.25, 0.3) is 0 Å². The second-order valence-corrected chi connectivity index (χ2v) is 21.1. The Bertz CT molecular complexity index is 1650. The van der Waals surface area contributed by atoms with Gasteiger partial charge < -0.3 is 69.3 Å². The van der Waals surface area contributed by atoms with Crippen LogP contribution in [0.2, 0.25) is 0 Å². The summed E-state index contributed by atoms with van der Waals surface area (Å²) in [5.41, 5.74) is -1.09. The summed E-state index contributed by atoms with van der Waals surface area (Å²) in [7, 11) is 2.57. The molecule has 0 aromatic heterocycles. The molecule has 2 heterocycles. The highest BCUT2D eigenvalue weighted by Crippen LogP contribution is 2.76. The highest BCUT2D eigenvalue weighted by atomic mass is 16.7. The van der Waals surface area contributed by atoms with E-state index in [2.05, 4.69) is 40.7 Å². The van der Waals surface area contributed by atoms with Gasteiger partial charge in [-0.25, -0.2) is 4.79 Å². The summed E-state index contributed by atoms with van der Waals surface area (Å²) >= 11 is 0. The highest BCUT2D eigenvalue weighted by Gasteiger charge is 2.71. The first-order chi connectivity index (χ1) is 28.0. The summed E-state index contributed by atoms with van der Waals surface area (Å²) in [5, 5.41) is 87.3. The molecular formula is C44H70O16. The zero-order valence-corrected chi connectivity index (χ0v) is 36.4. The Morgan fingerprint density at radius 1 is 0.750 bits per heavy atom. The lowest BCUT2D eigenvalue weighted by Gasteiger charge is -2.71. The summed E-state index contributed by atoms with van der Waals surface area (Å²) in [6, 6.07) is 0. The number of allylic oxidation sites excluding steroid dienone is 2. The Kier molecular flexibility index (Phi) is 12.3. The van der Waals surface area contributed by atoms with E-state index < -0.39 is 102 Å². The average Bonchev–Trinajstić information content (AvgIpc) is 3.21. The van der Waals surface area contributed by atoms with Gasteiger partial charge in [-0.05, 0) is 97.2 Å². The maximum absolute atomic E-state index is 13.7. The molecule has 0 amide bonds. The van der Waals surface area contributed by atoms with Gasteiger partial charge in [0.1, 0.15) is 42.7 Å². The number of hydrogen-bond donors (Lipinski definition) is 8. The molecule has 4 saturated carbocycles. The quantitative estimate of drug-likeness (QED) is 0.0967. The minimum atomic E-state index is -1.94. The van der Waals surface area contributed by atoms with Crippen molar-refractivity contribution in [3.63, 3.8) is 0 Å². The molecule has 0 spiro atoms. The molecular weight excluding hydrogens is 784 g/mol. The molecule has 0 unspecified atom stereocenters. The van der Waals surface area contributed by atoms with Crippen molar-refractivity contribution in [2.75, 3.05) is 27.4 Å². The number of carbonyl (C=O) groups excluding carboxylic acids is 2. The molecule has 20 atom stereocenters. The van der Waals surface area contributed by atoms with Crippen LogP contribution in [0.1, 0.15) is 99.3 Å². The third-order valence-corrected chi connectivity index (χ3v) is 17.7. The number of methoxy groups -OCH3 is 2. The van der Waals surface area contributed by atoms with E-state index in [1.165, 1.54) is 12.7 Å². The van der Waals surface area contributed by atoms with Crippen LogP contribution < -0.4 is 0 Å². The van der Waals surface area contributed by atoms with E-state index in [0.717, 1.165) is 52.1 Å². The Labute approximate surface area is 352 Å². The first-order valence-electron chi connectivity index (χ1n) is 21.8. The number of hydrogen-bond acceptors (Lipinski definition) is 16. The summed E-state index contributed by atoms with van der Waals surface area (Å²) in [6.45, 7) is 12.3. The fourth-order valence-electron chi connectivity index (χ4n) is 14.1. The van der Waals surface area contributed by atoms with Crippen LogP contribution in [0.15, 0.2) is 11.6 Å². The molecule has 0 bridgehead atoms. The molecule has 16 heteroatoms. The molecule has 0 aromatic carbocycles. The van der Waals surface area contributed by atoms with E-state index >= 15 is 0 Å². The lowest BCUT2D eigenvalue weighted by atomic mass is 9.33. The summed E-state index contributed by atoms with van der Waals surface area (Å²) in [6.07, 6.45) is -10.7. The number of esters is 2. The molecule has 5 aliphatic carbocycles. The minimum absolute atomic E-state index is 0.0708. The van der Waals surface area contributed by atoms with Gasteiger partial charge in [-0.3, -0.25) is 4.79 Å². The Hall–Kier alpha value is -1.80. The van der Waals surface area contributed by atoms with Crippen molar-refractivity contribution in [3.05, 3.63) is 11.6 Å². The Balaban J connectivity index is 1.15. The Morgan fingerprint density at radius 3 is 2.03 bits per heavy atom. The van der Waals surface area contributed by atoms with Crippen molar-refractivity contribution < 1.29 is 78.9 Å². The van der Waals surface area contributed by atoms with Gasteiger partial charge in [0, 0.05) is 5.41 Å². The first-order valence-corrected chi connectivity index (χ1v) is 21.8. The molecule has 6 fully saturated rings. The molecule has 0 radical (unpaired) electrons. The summed E-state index contributed by atoms with van der Waals surface area (Å²) in [4.78, 5) is 26.8. The SMILES string of the molecule is COC(=O)[C@H]1O[C@@H](O[C@H]2[C@@H](O)C[C@@]3(C)[C@@H](CC[C@]4(C)[C@@H]3CC=C3[C@H]5CC(C)(C)CC[C@]5(C(=O)OC)CC[C@]34C)[C@]2(C)CO)[C@H](O)[C@@H](O)[C@@H]1O[C@@H]1O[C@H](CO)[C@H](O)[C@H](O)[C@H]1O. The zero-order chi connectivity index (χ0) is 44.1. The Morgan fingerprint density at radius 2 is 1.40 bits per heavy atom. The predicted octanol–water partition coefficient (Wildman–Crippen LogP) is 1.09. The van der Waals surface area contributed by atoms with Crippen LogP contribution in [0.25, 0.3) is 0 Å². The van der Waals surface area contributed by atoms with Crippen molar-refractivity contribution in [2.24, 2.45) is 50.2 Å². The standard InChI is InChI=1S/C44H70O16/c1-39(2)13-15-44(38(54)56-8)16-14-42(5)21(22(44)17-39)9-10-26-40(3)18-23(47)34(41(4,20-46)25(40)11-12-43(26,42)6)60-37-31(52)29(50)32(33(59-37)35(53)55-7)58-36-30(51)28(49)27(48)24(19-45)57-36/h9,22-34,36-37,45-52H,10-20H2,1-8H3/t22-,23+,24-,25-,26-,27+,28+,29-,30-,31-,32+,33+,34+,36+,37+,40+,41+,42-,43-,44+/m1/s1. The van der Waals surface area contributed by atoms with Gasteiger partial charge in [-0.15, -0.1) is 0 Å². The van der Waals surface area contributed by atoms with Crippen LogP contribution in [0.5, 0.6) is 0 Å². The second kappa shape index (κ2) is 16.0. The molecule has 8 N–H and O–H groups in total. The van der Waals surface area contributed by atoms with E-state index in [0.29, 0.717) is 12.8 Å². The number of fused-ring (bicyclic) bond motifs is 7. The highest BCUT2D eigenvalue weighted by molar-refractivity contribution is 5.78. The van der Waals surface area contributed by atoms with Gasteiger partial charge in [0.05, 0.1) is 45.1 Å². The van der Waals surface area contributed by atoms with E-state index in [1.807, 2.05) is 6.92 Å². The zero-order valence-electron chi connectivity index (χ0n) is 36.4. The first kappa shape index (κ1) is 46.2. The van der Waals surface area contributed by atoms with E-state index in [1.54, 1.807) is 0 Å². The fourth-order valence-corrected chi connectivity index (χ4v) is 14.1. The van der Waals surface area contributed by atoms with Crippen LogP contribution in [0.3, 0.4) is 0 Å². The molecule has 2 aliphatic heterocycles. The van der Waals surface area contributed by atoms with E-state index in [9.17, 15) is 50.4 Å². The average molecular weight is 855 g/mol. The topological polar surface area (TPSA) is 251 Å². The fraction of sp³-hybridized carbons (Fsp3) is 0.909. The normalized spacial score (nSPS) is 52.4. The lowest BCUT2D eigenvalue weighted by Crippen LogP contribution is -2.70. The van der Waals surface area contributed by atoms with Crippen molar-refractivity contribution in [1.82, 2.24) is 0 Å². The smallest absolute Gasteiger partial charge is 0.337 e. The third kappa shape index (κ3) is 6.76. The third-order valence-electron chi connectivity index (χ3n) is 17.7. The van der Waals surface area contributed by atoms with Gasteiger partial charge in [-0.1, -0.05) is 53.2 Å². The van der Waals surface area contributed by atoms with Gasteiger partial charge in [0.15, 0.2) is 18.7 Å². The molecule has 2 saturated heterocycles. The number of rotatable bonds is 8. The predicted molar refractivity (Wildman–Crippen MR) is 210 cm³/mol. The number of aliphatic hydroxyl groups excluding tert-OH is 8. The maximum atomic E-state index is 13.7. The lowest BCUT2D eigenvalue weighted by molar-refractivity contribution is -0.369. The molecule has 16 nitrogen and oxygen atoms in total. The van der Waals surface area contributed by atoms with E-state index in [4.69, 9.17) is 28.4 Å². The van der Waals surface area contributed by atoms with Gasteiger partial charge >= 0.3 is 11.9 Å². The van der Waals surface area contributed by atoms with Crippen LogP contribution in [0.4, 0.5) is 0 Å². The van der Waals surface area contributed by atoms with Gasteiger partial charge in [0.2, 0.25) is 0 Å². The molecule has 7 aliphatic rings. The monoisotopic (exact) mass is 854 g/mol. The van der Waals surface area contributed by atoms with Crippen LogP contribution in [0, 0.1) is 50.2 Å². The van der Waals surface area contributed by atoms with Crippen LogP contribution >= 0.6 is 0 Å². The van der Waals surface area contributed by atoms with Crippen molar-refractivity contribution in [1.29, 1.82) is 0 Å².